The second kappa shape index (κ2) is 8.88. The Morgan fingerprint density at radius 1 is 0.590 bits per heavy atom. The summed E-state index contributed by atoms with van der Waals surface area (Å²) >= 11 is 0. The molecular weight excluding hydrogens is 480 g/mol. The maximum Gasteiger partial charge on any atom is 0.227 e. The Morgan fingerprint density at radius 2 is 1.31 bits per heavy atom. The van der Waals surface area contributed by atoms with E-state index in [0.717, 1.165) is 61.1 Å². The van der Waals surface area contributed by atoms with Crippen LogP contribution in [0.1, 0.15) is 20.8 Å². The van der Waals surface area contributed by atoms with Crippen molar-refractivity contribution in [2.75, 3.05) is 4.90 Å². The van der Waals surface area contributed by atoms with Crippen molar-refractivity contribution >= 4 is 44.4 Å². The fraction of sp³-hybridized carbons (Fsp3) is 0.114. The summed E-state index contributed by atoms with van der Waals surface area (Å²) < 4.78 is 12.4. The minimum absolute atomic E-state index is 0.149. The molecule has 0 N–H and O–H groups in total. The Labute approximate surface area is 227 Å². The van der Waals surface area contributed by atoms with Crippen molar-refractivity contribution < 1.29 is 8.83 Å². The van der Waals surface area contributed by atoms with Gasteiger partial charge < -0.3 is 13.7 Å². The summed E-state index contributed by atoms with van der Waals surface area (Å²) in [5.41, 5.74) is 8.65. The van der Waals surface area contributed by atoms with Crippen molar-refractivity contribution in [2.24, 2.45) is 0 Å². The molecule has 0 aliphatic rings. The molecule has 2 aromatic heterocycles. The van der Waals surface area contributed by atoms with Crippen LogP contribution in [0.2, 0.25) is 0 Å². The second-order valence-electron chi connectivity index (χ2n) is 10.9. The zero-order chi connectivity index (χ0) is 26.6. The molecule has 0 saturated carbocycles. The Kier molecular flexibility index (Phi) is 5.31. The van der Waals surface area contributed by atoms with E-state index in [9.17, 15) is 0 Å². The SMILES string of the molecule is CC(C)(C)N(c1ccc(-c2cccc3nc(-c4ccccc4)oc23)cc1)c1ccc2oc3ccccc3c2c1. The maximum absolute atomic E-state index is 6.28. The number of benzene rings is 5. The minimum Gasteiger partial charge on any atom is -0.456 e. The highest BCUT2D eigenvalue weighted by Gasteiger charge is 2.25. The van der Waals surface area contributed by atoms with Crippen LogP contribution < -0.4 is 4.90 Å². The minimum atomic E-state index is -0.149. The lowest BCUT2D eigenvalue weighted by molar-refractivity contribution is 0.560. The van der Waals surface area contributed by atoms with Gasteiger partial charge in [0.05, 0.1) is 0 Å². The van der Waals surface area contributed by atoms with Crippen LogP contribution in [0.3, 0.4) is 0 Å². The summed E-state index contributed by atoms with van der Waals surface area (Å²) in [5, 5.41) is 2.26. The fourth-order valence-electron chi connectivity index (χ4n) is 5.45. The third-order valence-corrected chi connectivity index (χ3v) is 7.16. The van der Waals surface area contributed by atoms with Gasteiger partial charge in [0.2, 0.25) is 5.89 Å². The zero-order valence-electron chi connectivity index (χ0n) is 22.2. The van der Waals surface area contributed by atoms with E-state index < -0.39 is 0 Å². The van der Waals surface area contributed by atoms with Crippen LogP contribution in [0.4, 0.5) is 11.4 Å². The molecule has 0 bridgehead atoms. The van der Waals surface area contributed by atoms with Crippen molar-refractivity contribution in [1.29, 1.82) is 0 Å². The van der Waals surface area contributed by atoms with E-state index in [1.54, 1.807) is 0 Å². The van der Waals surface area contributed by atoms with Crippen molar-refractivity contribution in [3.05, 3.63) is 115 Å². The number of aromatic nitrogens is 1. The molecule has 0 amide bonds. The lowest BCUT2D eigenvalue weighted by atomic mass is 10.00. The zero-order valence-corrected chi connectivity index (χ0v) is 22.2. The number of anilines is 2. The van der Waals surface area contributed by atoms with E-state index in [4.69, 9.17) is 13.8 Å². The summed E-state index contributed by atoms with van der Waals surface area (Å²) in [7, 11) is 0. The average Bonchev–Trinajstić information content (AvgIpc) is 3.55. The number of para-hydroxylation sites is 2. The van der Waals surface area contributed by atoms with Crippen molar-refractivity contribution in [2.45, 2.75) is 26.3 Å². The first-order valence-corrected chi connectivity index (χ1v) is 13.2. The highest BCUT2D eigenvalue weighted by atomic mass is 16.3. The maximum atomic E-state index is 6.28. The molecule has 0 spiro atoms. The Balaban J connectivity index is 1.29. The molecule has 190 valence electrons. The van der Waals surface area contributed by atoms with Gasteiger partial charge in [-0.3, -0.25) is 0 Å². The summed E-state index contributed by atoms with van der Waals surface area (Å²) in [6, 6.07) is 39.5. The second-order valence-corrected chi connectivity index (χ2v) is 10.9. The summed E-state index contributed by atoms with van der Waals surface area (Å²) in [5.74, 6) is 0.635. The molecule has 39 heavy (non-hydrogen) atoms. The molecular formula is C35H28N2O2. The number of oxazole rings is 1. The lowest BCUT2D eigenvalue weighted by Gasteiger charge is -2.38. The molecule has 0 saturated heterocycles. The van der Waals surface area contributed by atoms with Gasteiger partial charge in [0.25, 0.3) is 0 Å². The standard InChI is InChI=1S/C35H28N2O2/c1-35(2,3)37(26-20-21-32-29(22-26)28-12-7-8-15-31(28)38-32)25-18-16-23(17-19-25)27-13-9-14-30-33(27)39-34(36-30)24-10-5-4-6-11-24/h4-22H,1-3H3. The van der Waals surface area contributed by atoms with Crippen molar-refractivity contribution in [3.8, 4) is 22.6 Å². The van der Waals surface area contributed by atoms with E-state index >= 15 is 0 Å². The highest BCUT2D eigenvalue weighted by Crippen LogP contribution is 2.39. The average molecular weight is 509 g/mol. The molecule has 7 aromatic rings. The molecule has 0 aliphatic heterocycles. The molecule has 0 fully saturated rings. The topological polar surface area (TPSA) is 42.4 Å². The number of hydrogen-bond donors (Lipinski definition) is 0. The summed E-state index contributed by atoms with van der Waals surface area (Å²) in [4.78, 5) is 7.12. The Morgan fingerprint density at radius 3 is 2.10 bits per heavy atom. The Hall–Kier alpha value is -4.83. The van der Waals surface area contributed by atoms with Crippen LogP contribution in [0, 0.1) is 0 Å². The van der Waals surface area contributed by atoms with Gasteiger partial charge in [0, 0.05) is 38.8 Å². The smallest absolute Gasteiger partial charge is 0.227 e. The van der Waals surface area contributed by atoms with E-state index in [1.165, 1.54) is 0 Å². The van der Waals surface area contributed by atoms with Gasteiger partial charge in [0.1, 0.15) is 16.7 Å². The van der Waals surface area contributed by atoms with Crippen LogP contribution in [-0.4, -0.2) is 10.5 Å². The molecule has 0 atom stereocenters. The molecule has 7 rings (SSSR count). The van der Waals surface area contributed by atoms with Gasteiger partial charge in [-0.05, 0) is 80.9 Å². The largest absolute Gasteiger partial charge is 0.456 e. The van der Waals surface area contributed by atoms with Crippen molar-refractivity contribution in [1.82, 2.24) is 4.98 Å². The number of rotatable bonds is 4. The van der Waals surface area contributed by atoms with Crippen LogP contribution in [-0.2, 0) is 0 Å². The quantitative estimate of drug-likeness (QED) is 0.237. The van der Waals surface area contributed by atoms with Crippen molar-refractivity contribution in [3.63, 3.8) is 0 Å². The summed E-state index contributed by atoms with van der Waals surface area (Å²) in [6.45, 7) is 6.71. The van der Waals surface area contributed by atoms with Gasteiger partial charge in [-0.15, -0.1) is 0 Å². The van der Waals surface area contributed by atoms with Gasteiger partial charge >= 0.3 is 0 Å². The van der Waals surface area contributed by atoms with Gasteiger partial charge in [0.15, 0.2) is 5.58 Å². The van der Waals surface area contributed by atoms with Crippen LogP contribution in [0.25, 0.3) is 55.6 Å². The first-order valence-electron chi connectivity index (χ1n) is 13.2. The number of nitrogens with zero attached hydrogens (tertiary/aromatic N) is 2. The predicted octanol–water partition coefficient (Wildman–Crippen LogP) is 10.00. The van der Waals surface area contributed by atoms with E-state index in [2.05, 4.69) is 86.3 Å². The molecule has 4 nitrogen and oxygen atoms in total. The number of fused-ring (bicyclic) bond motifs is 4. The van der Waals surface area contributed by atoms with Crippen LogP contribution >= 0.6 is 0 Å². The summed E-state index contributed by atoms with van der Waals surface area (Å²) in [6.07, 6.45) is 0. The van der Waals surface area contributed by atoms with E-state index in [-0.39, 0.29) is 5.54 Å². The fourth-order valence-corrected chi connectivity index (χ4v) is 5.45. The van der Waals surface area contributed by atoms with Crippen LogP contribution in [0.5, 0.6) is 0 Å². The monoisotopic (exact) mass is 508 g/mol. The molecule has 2 heterocycles. The van der Waals surface area contributed by atoms with Crippen LogP contribution in [0.15, 0.2) is 124 Å². The normalized spacial score (nSPS) is 12.0. The van der Waals surface area contributed by atoms with Gasteiger partial charge in [-0.2, -0.15) is 0 Å². The van der Waals surface area contributed by atoms with Gasteiger partial charge in [-0.1, -0.05) is 60.7 Å². The van der Waals surface area contributed by atoms with Gasteiger partial charge in [-0.25, -0.2) is 4.98 Å². The molecule has 0 aliphatic carbocycles. The first-order chi connectivity index (χ1) is 19.0. The number of furan rings is 1. The molecule has 4 heteroatoms. The molecule has 0 unspecified atom stereocenters. The Bertz CT molecular complexity index is 1940. The highest BCUT2D eigenvalue weighted by molar-refractivity contribution is 6.06. The predicted molar refractivity (Wildman–Crippen MR) is 160 cm³/mol. The molecule has 0 radical (unpaired) electrons. The third kappa shape index (κ3) is 4.05. The lowest BCUT2D eigenvalue weighted by Crippen LogP contribution is -2.37. The third-order valence-electron chi connectivity index (χ3n) is 7.16. The number of hydrogen-bond acceptors (Lipinski definition) is 4. The molecule has 5 aromatic carbocycles. The van der Waals surface area contributed by atoms with E-state index in [0.29, 0.717) is 5.89 Å². The van der Waals surface area contributed by atoms with E-state index in [1.807, 2.05) is 54.6 Å². The first kappa shape index (κ1) is 23.3.